The summed E-state index contributed by atoms with van der Waals surface area (Å²) in [6.45, 7) is 2.66. The molecule has 2 aromatic rings. The van der Waals surface area contributed by atoms with Crippen LogP contribution in [-0.4, -0.2) is 33.4 Å². The molecular formula is C17H21N3O2. The van der Waals surface area contributed by atoms with E-state index in [1.54, 1.807) is 12.3 Å². The molecule has 0 bridgehead atoms. The van der Waals surface area contributed by atoms with Crippen molar-refractivity contribution in [1.82, 2.24) is 14.5 Å². The van der Waals surface area contributed by atoms with Gasteiger partial charge in [-0.15, -0.1) is 0 Å². The Balaban J connectivity index is 1.48. The number of rotatable bonds is 4. The molecule has 1 aliphatic carbocycles. The third kappa shape index (κ3) is 2.67. The highest BCUT2D eigenvalue weighted by Crippen LogP contribution is 2.33. The van der Waals surface area contributed by atoms with E-state index in [4.69, 9.17) is 4.42 Å². The first-order chi connectivity index (χ1) is 10.8. The van der Waals surface area contributed by atoms with E-state index in [9.17, 15) is 4.79 Å². The molecule has 0 spiro atoms. The van der Waals surface area contributed by atoms with Gasteiger partial charge in [0.15, 0.2) is 0 Å². The highest BCUT2D eigenvalue weighted by Gasteiger charge is 2.30. The van der Waals surface area contributed by atoms with E-state index in [1.165, 1.54) is 19.1 Å². The summed E-state index contributed by atoms with van der Waals surface area (Å²) in [5, 5.41) is 0. The monoisotopic (exact) mass is 299 g/mol. The summed E-state index contributed by atoms with van der Waals surface area (Å²) in [5.74, 6) is 2.40. The third-order valence-corrected chi connectivity index (χ3v) is 4.74. The lowest BCUT2D eigenvalue weighted by molar-refractivity contribution is 0.0702. The fourth-order valence-electron chi connectivity index (χ4n) is 3.35. The van der Waals surface area contributed by atoms with E-state index in [1.807, 2.05) is 11.1 Å². The lowest BCUT2D eigenvalue weighted by atomic mass is 9.96. The number of nitrogens with zero attached hydrogens (tertiary/aromatic N) is 3. The van der Waals surface area contributed by atoms with Gasteiger partial charge in [0.1, 0.15) is 12.1 Å². The SMILES string of the molecule is O=C(c1ccoc1)N1CCC[C@@H](c2nccn2CC2CC2)C1. The molecule has 0 aromatic carbocycles. The second kappa shape index (κ2) is 5.63. The summed E-state index contributed by atoms with van der Waals surface area (Å²) in [4.78, 5) is 19.0. The van der Waals surface area contributed by atoms with Crippen molar-refractivity contribution in [1.29, 1.82) is 0 Å². The normalized spacial score (nSPS) is 22.0. The summed E-state index contributed by atoms with van der Waals surface area (Å²) in [6.07, 6.45) is 11.9. The van der Waals surface area contributed by atoms with E-state index in [-0.39, 0.29) is 5.91 Å². The Morgan fingerprint density at radius 2 is 2.27 bits per heavy atom. The van der Waals surface area contributed by atoms with Crippen LogP contribution in [-0.2, 0) is 6.54 Å². The zero-order valence-electron chi connectivity index (χ0n) is 12.6. The van der Waals surface area contributed by atoms with Crippen molar-refractivity contribution in [2.45, 2.75) is 38.1 Å². The number of piperidine rings is 1. The number of aromatic nitrogens is 2. The number of furan rings is 1. The fraction of sp³-hybridized carbons (Fsp3) is 0.529. The van der Waals surface area contributed by atoms with Crippen LogP contribution in [0.25, 0.3) is 0 Å². The maximum absolute atomic E-state index is 12.5. The van der Waals surface area contributed by atoms with Crippen molar-refractivity contribution < 1.29 is 9.21 Å². The Bertz CT molecular complexity index is 643. The zero-order chi connectivity index (χ0) is 14.9. The average Bonchev–Trinajstić information content (AvgIpc) is 3.04. The largest absolute Gasteiger partial charge is 0.472 e. The van der Waals surface area contributed by atoms with E-state index in [0.29, 0.717) is 11.5 Å². The summed E-state index contributed by atoms with van der Waals surface area (Å²) in [6, 6.07) is 1.74. The van der Waals surface area contributed by atoms with Gasteiger partial charge in [-0.3, -0.25) is 4.79 Å². The standard InChI is InChI=1S/C17H21N3O2/c21-17(15-5-9-22-12-15)20-7-1-2-14(11-20)16-18-6-8-19(16)10-13-3-4-13/h5-6,8-9,12-14H,1-4,7,10-11H2/t14-/m1/s1. The van der Waals surface area contributed by atoms with Crippen LogP contribution < -0.4 is 0 Å². The summed E-state index contributed by atoms with van der Waals surface area (Å²) < 4.78 is 7.33. The molecule has 2 aromatic heterocycles. The first kappa shape index (κ1) is 13.6. The molecule has 1 saturated carbocycles. The lowest BCUT2D eigenvalue weighted by Crippen LogP contribution is -2.39. The van der Waals surface area contributed by atoms with Crippen molar-refractivity contribution in [2.75, 3.05) is 13.1 Å². The molecule has 22 heavy (non-hydrogen) atoms. The van der Waals surface area contributed by atoms with Crippen LogP contribution in [0.4, 0.5) is 0 Å². The van der Waals surface area contributed by atoms with Crippen LogP contribution >= 0.6 is 0 Å². The topological polar surface area (TPSA) is 51.3 Å². The molecule has 2 aliphatic rings. The first-order valence-electron chi connectivity index (χ1n) is 8.14. The summed E-state index contributed by atoms with van der Waals surface area (Å²) >= 11 is 0. The van der Waals surface area contributed by atoms with Crippen LogP contribution in [0, 0.1) is 5.92 Å². The van der Waals surface area contributed by atoms with Gasteiger partial charge in [0.25, 0.3) is 5.91 Å². The summed E-state index contributed by atoms with van der Waals surface area (Å²) in [5.41, 5.74) is 0.641. The molecule has 3 heterocycles. The second-order valence-electron chi connectivity index (χ2n) is 6.48. The van der Waals surface area contributed by atoms with Crippen LogP contribution in [0.2, 0.25) is 0 Å². The van der Waals surface area contributed by atoms with Crippen molar-refractivity contribution in [2.24, 2.45) is 5.92 Å². The van der Waals surface area contributed by atoms with E-state index >= 15 is 0 Å². The van der Waals surface area contributed by atoms with Gasteiger partial charge in [-0.05, 0) is 37.7 Å². The van der Waals surface area contributed by atoms with Crippen molar-refractivity contribution >= 4 is 5.91 Å². The molecule has 0 N–H and O–H groups in total. The number of hydrogen-bond acceptors (Lipinski definition) is 3. The Morgan fingerprint density at radius 1 is 1.36 bits per heavy atom. The van der Waals surface area contributed by atoms with Gasteiger partial charge >= 0.3 is 0 Å². The number of carbonyl (C=O) groups excluding carboxylic acids is 1. The van der Waals surface area contributed by atoms with Gasteiger partial charge in [0, 0.05) is 37.9 Å². The van der Waals surface area contributed by atoms with Crippen molar-refractivity contribution in [3.05, 3.63) is 42.4 Å². The molecule has 1 amide bonds. The van der Waals surface area contributed by atoms with Crippen molar-refractivity contribution in [3.63, 3.8) is 0 Å². The molecule has 1 saturated heterocycles. The number of amides is 1. The van der Waals surface area contributed by atoms with Crippen LogP contribution in [0.15, 0.2) is 35.4 Å². The third-order valence-electron chi connectivity index (χ3n) is 4.74. The minimum Gasteiger partial charge on any atom is -0.472 e. The van der Waals surface area contributed by atoms with Gasteiger partial charge in [-0.1, -0.05) is 0 Å². The molecule has 0 radical (unpaired) electrons. The van der Waals surface area contributed by atoms with Gasteiger partial charge in [-0.2, -0.15) is 0 Å². The maximum atomic E-state index is 12.5. The minimum atomic E-state index is 0.0683. The predicted molar refractivity (Wildman–Crippen MR) is 81.5 cm³/mol. The van der Waals surface area contributed by atoms with Crippen LogP contribution in [0.1, 0.15) is 47.8 Å². The highest BCUT2D eigenvalue weighted by molar-refractivity contribution is 5.93. The summed E-state index contributed by atoms with van der Waals surface area (Å²) in [7, 11) is 0. The van der Waals surface area contributed by atoms with Gasteiger partial charge < -0.3 is 13.9 Å². The molecule has 1 aliphatic heterocycles. The Hall–Kier alpha value is -2.04. The van der Waals surface area contributed by atoms with Gasteiger partial charge in [-0.25, -0.2) is 4.98 Å². The number of likely N-dealkylation sites (tertiary alicyclic amines) is 1. The molecule has 0 unspecified atom stereocenters. The molecular weight excluding hydrogens is 278 g/mol. The Labute approximate surface area is 129 Å². The smallest absolute Gasteiger partial charge is 0.257 e. The van der Waals surface area contributed by atoms with E-state index < -0.39 is 0 Å². The Morgan fingerprint density at radius 3 is 3.05 bits per heavy atom. The van der Waals surface area contributed by atoms with Gasteiger partial charge in [0.2, 0.25) is 0 Å². The molecule has 5 heteroatoms. The number of hydrogen-bond donors (Lipinski definition) is 0. The first-order valence-corrected chi connectivity index (χ1v) is 8.14. The molecule has 4 rings (SSSR count). The molecule has 1 atom stereocenters. The quantitative estimate of drug-likeness (QED) is 0.872. The molecule has 116 valence electrons. The Kier molecular flexibility index (Phi) is 3.48. The predicted octanol–water partition coefficient (Wildman–Crippen LogP) is 2.91. The maximum Gasteiger partial charge on any atom is 0.257 e. The van der Waals surface area contributed by atoms with Crippen LogP contribution in [0.5, 0.6) is 0 Å². The fourth-order valence-corrected chi connectivity index (χ4v) is 3.35. The van der Waals surface area contributed by atoms with E-state index in [0.717, 1.165) is 44.2 Å². The van der Waals surface area contributed by atoms with Crippen molar-refractivity contribution in [3.8, 4) is 0 Å². The minimum absolute atomic E-state index is 0.0683. The van der Waals surface area contributed by atoms with Crippen LogP contribution in [0.3, 0.4) is 0 Å². The number of imidazole rings is 1. The van der Waals surface area contributed by atoms with E-state index in [2.05, 4.69) is 15.7 Å². The lowest BCUT2D eigenvalue weighted by Gasteiger charge is -2.32. The highest BCUT2D eigenvalue weighted by atomic mass is 16.3. The average molecular weight is 299 g/mol. The van der Waals surface area contributed by atoms with Gasteiger partial charge in [0.05, 0.1) is 11.8 Å². The second-order valence-corrected chi connectivity index (χ2v) is 6.48. The zero-order valence-corrected chi connectivity index (χ0v) is 12.6. The number of carbonyl (C=O) groups is 1. The molecule has 2 fully saturated rings. The molecule has 5 nitrogen and oxygen atoms in total.